The third kappa shape index (κ3) is 5.72. The fourth-order valence-electron chi connectivity index (χ4n) is 3.61. The van der Waals surface area contributed by atoms with Crippen LogP contribution in [0.4, 0.5) is 17.6 Å². The molecule has 1 aliphatic heterocycles. The van der Waals surface area contributed by atoms with E-state index in [4.69, 9.17) is 0 Å². The van der Waals surface area contributed by atoms with E-state index in [2.05, 4.69) is 24.1 Å². The largest absolute Gasteiger partial charge is 0.419 e. The molecular weight excluding hydrogens is 391 g/mol. The summed E-state index contributed by atoms with van der Waals surface area (Å²) in [7, 11) is 0. The van der Waals surface area contributed by atoms with Crippen molar-refractivity contribution in [2.24, 2.45) is 5.92 Å². The average molecular weight is 419 g/mol. The van der Waals surface area contributed by atoms with Crippen LogP contribution < -0.4 is 5.32 Å². The summed E-state index contributed by atoms with van der Waals surface area (Å²) in [6.07, 6.45) is -3.72. The van der Waals surface area contributed by atoms with Gasteiger partial charge >= 0.3 is 6.18 Å². The van der Waals surface area contributed by atoms with Crippen LogP contribution in [0, 0.1) is 11.7 Å². The van der Waals surface area contributed by atoms with E-state index in [-0.39, 0.29) is 36.8 Å². The molecule has 26 heavy (non-hydrogen) atoms. The van der Waals surface area contributed by atoms with Gasteiger partial charge in [-0.05, 0) is 37.0 Å². The normalized spacial score (nSPS) is 22.5. The lowest BCUT2D eigenvalue weighted by Crippen LogP contribution is -2.56. The first kappa shape index (κ1) is 25.4. The highest BCUT2D eigenvalue weighted by Crippen LogP contribution is 2.36. The minimum Gasteiger partial charge on any atom is -0.311 e. The molecule has 2 rings (SSSR count). The van der Waals surface area contributed by atoms with Gasteiger partial charge in [-0.3, -0.25) is 4.90 Å². The van der Waals surface area contributed by atoms with Gasteiger partial charge in [-0.25, -0.2) is 4.39 Å². The minimum absolute atomic E-state index is 0. The van der Waals surface area contributed by atoms with Crippen molar-refractivity contribution >= 4 is 24.8 Å². The highest BCUT2D eigenvalue weighted by molar-refractivity contribution is 5.85. The fourth-order valence-corrected chi connectivity index (χ4v) is 3.61. The number of hydrogen-bond acceptors (Lipinski definition) is 2. The van der Waals surface area contributed by atoms with Gasteiger partial charge in [-0.1, -0.05) is 26.8 Å². The molecule has 0 radical (unpaired) electrons. The smallest absolute Gasteiger partial charge is 0.311 e. The maximum Gasteiger partial charge on any atom is 0.419 e. The van der Waals surface area contributed by atoms with E-state index < -0.39 is 17.6 Å². The molecule has 1 heterocycles. The summed E-state index contributed by atoms with van der Waals surface area (Å²) < 4.78 is 52.5. The molecule has 1 N–H and O–H groups in total. The molecule has 1 saturated heterocycles. The van der Waals surface area contributed by atoms with Crippen LogP contribution in [0.3, 0.4) is 0 Å². The van der Waals surface area contributed by atoms with Crippen LogP contribution >= 0.6 is 24.8 Å². The Morgan fingerprint density at radius 1 is 1.23 bits per heavy atom. The second-order valence-electron chi connectivity index (χ2n) is 6.99. The van der Waals surface area contributed by atoms with Crippen LogP contribution in [-0.4, -0.2) is 30.1 Å². The molecule has 1 unspecified atom stereocenters. The highest BCUT2D eigenvalue weighted by atomic mass is 35.5. The van der Waals surface area contributed by atoms with Crippen molar-refractivity contribution in [3.63, 3.8) is 0 Å². The molecule has 1 fully saturated rings. The van der Waals surface area contributed by atoms with Gasteiger partial charge in [-0.15, -0.1) is 24.8 Å². The Balaban J connectivity index is 0.00000312. The third-order valence-electron chi connectivity index (χ3n) is 4.76. The molecule has 0 bridgehead atoms. The maximum atomic E-state index is 14.0. The van der Waals surface area contributed by atoms with Gasteiger partial charge in [0.15, 0.2) is 0 Å². The molecule has 1 aliphatic rings. The lowest BCUT2D eigenvalue weighted by Gasteiger charge is -2.45. The van der Waals surface area contributed by atoms with E-state index in [9.17, 15) is 17.6 Å². The second-order valence-corrected chi connectivity index (χ2v) is 6.99. The van der Waals surface area contributed by atoms with E-state index in [0.29, 0.717) is 17.6 Å². The molecule has 0 saturated carbocycles. The van der Waals surface area contributed by atoms with E-state index >= 15 is 0 Å². The van der Waals surface area contributed by atoms with Crippen LogP contribution in [-0.2, 0) is 6.18 Å². The molecule has 0 amide bonds. The minimum atomic E-state index is -4.66. The number of piperazine rings is 1. The van der Waals surface area contributed by atoms with Crippen molar-refractivity contribution < 1.29 is 17.6 Å². The summed E-state index contributed by atoms with van der Waals surface area (Å²) in [5, 5.41) is 3.43. The molecule has 3 atom stereocenters. The number of alkyl halides is 3. The average Bonchev–Trinajstić information content (AvgIpc) is 2.46. The summed E-state index contributed by atoms with van der Waals surface area (Å²) in [4.78, 5) is 2.31. The van der Waals surface area contributed by atoms with Crippen LogP contribution in [0.1, 0.15) is 51.3 Å². The van der Waals surface area contributed by atoms with Gasteiger partial charge < -0.3 is 5.32 Å². The molecule has 0 aromatic heterocycles. The number of nitrogens with zero attached hydrogens (tertiary/aromatic N) is 1. The Morgan fingerprint density at radius 2 is 1.85 bits per heavy atom. The standard InChI is InChI=1S/C18H26F4N2.2ClH/c1-5-14-9-23-12(4)10-24(14)17(11(2)3)13-6-7-15(16(19)8-13)18(20,21)22;;/h6-8,11-12,14,17,23H,5,9-10H2,1-4H3;2*1H/t12-,14+,17?;;/m0../s1. The summed E-state index contributed by atoms with van der Waals surface area (Å²) in [5.41, 5.74) is -0.586. The van der Waals surface area contributed by atoms with Crippen molar-refractivity contribution in [3.05, 3.63) is 35.1 Å². The number of halogens is 6. The molecule has 0 spiro atoms. The predicted molar refractivity (Wildman–Crippen MR) is 102 cm³/mol. The topological polar surface area (TPSA) is 15.3 Å². The monoisotopic (exact) mass is 418 g/mol. The molecule has 8 heteroatoms. The molecule has 0 aliphatic carbocycles. The molecule has 2 nitrogen and oxygen atoms in total. The first-order chi connectivity index (χ1) is 11.1. The Hall–Kier alpha value is -0.560. The summed E-state index contributed by atoms with van der Waals surface area (Å²) in [6.45, 7) is 9.87. The second kappa shape index (κ2) is 10.1. The predicted octanol–water partition coefficient (Wildman–Crippen LogP) is 5.46. The maximum absolute atomic E-state index is 14.0. The zero-order chi connectivity index (χ0) is 18.1. The Bertz CT molecular complexity index is 567. The zero-order valence-corrected chi connectivity index (χ0v) is 17.1. The van der Waals surface area contributed by atoms with E-state index in [1.54, 1.807) is 0 Å². The van der Waals surface area contributed by atoms with Crippen molar-refractivity contribution in [3.8, 4) is 0 Å². The molecular formula is C18H28Cl2F4N2. The Labute approximate surface area is 165 Å². The van der Waals surface area contributed by atoms with E-state index in [1.165, 1.54) is 6.07 Å². The lowest BCUT2D eigenvalue weighted by atomic mass is 9.90. The Kier molecular flexibility index (Phi) is 9.89. The van der Waals surface area contributed by atoms with Crippen molar-refractivity contribution in [2.75, 3.05) is 13.1 Å². The summed E-state index contributed by atoms with van der Waals surface area (Å²) >= 11 is 0. The van der Waals surface area contributed by atoms with Gasteiger partial charge in [0.1, 0.15) is 5.82 Å². The SMILES string of the molecule is CC[C@@H]1CN[C@@H](C)CN1C(c1ccc(C(F)(F)F)c(F)c1)C(C)C.Cl.Cl. The lowest BCUT2D eigenvalue weighted by molar-refractivity contribution is -0.140. The number of benzene rings is 1. The first-order valence-electron chi connectivity index (χ1n) is 8.50. The molecule has 1 aromatic carbocycles. The van der Waals surface area contributed by atoms with Gasteiger partial charge in [0.2, 0.25) is 0 Å². The fraction of sp³-hybridized carbons (Fsp3) is 0.667. The quantitative estimate of drug-likeness (QED) is 0.653. The zero-order valence-electron chi connectivity index (χ0n) is 15.4. The van der Waals surface area contributed by atoms with Crippen LogP contribution in [0.15, 0.2) is 18.2 Å². The van der Waals surface area contributed by atoms with Crippen LogP contribution in [0.2, 0.25) is 0 Å². The van der Waals surface area contributed by atoms with Crippen molar-refractivity contribution in [1.29, 1.82) is 0 Å². The van der Waals surface area contributed by atoms with Crippen LogP contribution in [0.5, 0.6) is 0 Å². The first-order valence-corrected chi connectivity index (χ1v) is 8.50. The van der Waals surface area contributed by atoms with E-state index in [1.807, 2.05) is 13.8 Å². The third-order valence-corrected chi connectivity index (χ3v) is 4.76. The molecule has 152 valence electrons. The Morgan fingerprint density at radius 3 is 2.31 bits per heavy atom. The molecule has 1 aromatic rings. The van der Waals surface area contributed by atoms with E-state index in [0.717, 1.165) is 31.6 Å². The van der Waals surface area contributed by atoms with Crippen molar-refractivity contribution in [2.45, 2.75) is 58.4 Å². The number of nitrogens with one attached hydrogen (secondary N) is 1. The number of hydrogen-bond donors (Lipinski definition) is 1. The van der Waals surface area contributed by atoms with Gasteiger partial charge in [-0.2, -0.15) is 13.2 Å². The van der Waals surface area contributed by atoms with Crippen LogP contribution in [0.25, 0.3) is 0 Å². The van der Waals surface area contributed by atoms with Gasteiger partial charge in [0, 0.05) is 31.2 Å². The summed E-state index contributed by atoms with van der Waals surface area (Å²) in [5.74, 6) is -1.03. The van der Waals surface area contributed by atoms with Gasteiger partial charge in [0.25, 0.3) is 0 Å². The number of rotatable bonds is 4. The highest BCUT2D eigenvalue weighted by Gasteiger charge is 2.36. The van der Waals surface area contributed by atoms with Crippen molar-refractivity contribution in [1.82, 2.24) is 10.2 Å². The summed E-state index contributed by atoms with van der Waals surface area (Å²) in [6, 6.07) is 3.85. The van der Waals surface area contributed by atoms with Gasteiger partial charge in [0.05, 0.1) is 5.56 Å².